The predicted octanol–water partition coefficient (Wildman–Crippen LogP) is 0.745. The third kappa shape index (κ3) is 1.69. The maximum Gasteiger partial charge on any atom is 0.0805 e. The molecule has 1 aliphatic heterocycles. The molecule has 2 aliphatic rings. The summed E-state index contributed by atoms with van der Waals surface area (Å²) in [5.74, 6) is 0. The Morgan fingerprint density at radius 1 is 1.29 bits per heavy atom. The summed E-state index contributed by atoms with van der Waals surface area (Å²) in [6.45, 7) is 7.13. The highest BCUT2D eigenvalue weighted by Gasteiger charge is 2.55. The van der Waals surface area contributed by atoms with E-state index in [0.29, 0.717) is 6.54 Å². The number of hydrogen-bond donors (Lipinski definition) is 2. The third-order valence-electron chi connectivity index (χ3n) is 3.52. The van der Waals surface area contributed by atoms with Crippen molar-refractivity contribution in [3.05, 3.63) is 0 Å². The van der Waals surface area contributed by atoms with Crippen molar-refractivity contribution in [3.63, 3.8) is 0 Å². The van der Waals surface area contributed by atoms with Gasteiger partial charge in [0.25, 0.3) is 0 Å². The molecular weight excluding hydrogens is 178 g/mol. The molecule has 2 N–H and O–H groups in total. The van der Waals surface area contributed by atoms with Gasteiger partial charge in [0.2, 0.25) is 0 Å². The van der Waals surface area contributed by atoms with Crippen LogP contribution in [0.1, 0.15) is 40.0 Å². The van der Waals surface area contributed by atoms with Crippen LogP contribution in [0.5, 0.6) is 0 Å². The quantitative estimate of drug-likeness (QED) is 0.655. The van der Waals surface area contributed by atoms with Gasteiger partial charge in [0.05, 0.1) is 11.7 Å². The van der Waals surface area contributed by atoms with Crippen LogP contribution in [0.4, 0.5) is 0 Å². The first-order valence-corrected chi connectivity index (χ1v) is 5.50. The Kier molecular flexibility index (Phi) is 2.18. The molecule has 0 aromatic rings. The van der Waals surface area contributed by atoms with Crippen LogP contribution >= 0.6 is 0 Å². The highest BCUT2D eigenvalue weighted by Crippen LogP contribution is 2.46. The number of hydrogen-bond acceptors (Lipinski definition) is 3. The topological polar surface area (TPSA) is 43.7 Å². The van der Waals surface area contributed by atoms with E-state index in [2.05, 4.69) is 25.7 Å². The second kappa shape index (κ2) is 2.94. The molecule has 82 valence electrons. The van der Waals surface area contributed by atoms with E-state index in [1.807, 2.05) is 0 Å². The van der Waals surface area contributed by atoms with Crippen molar-refractivity contribution in [1.82, 2.24) is 4.90 Å². The minimum atomic E-state index is -0.495. The van der Waals surface area contributed by atoms with Gasteiger partial charge in [0.15, 0.2) is 0 Å². The van der Waals surface area contributed by atoms with E-state index in [1.54, 1.807) is 0 Å². The summed E-state index contributed by atoms with van der Waals surface area (Å²) in [6, 6.07) is 0.164. The minimum Gasteiger partial charge on any atom is -0.392 e. The molecule has 0 radical (unpaired) electrons. The fourth-order valence-corrected chi connectivity index (χ4v) is 2.53. The van der Waals surface area contributed by atoms with Crippen LogP contribution in [-0.4, -0.2) is 44.9 Å². The van der Waals surface area contributed by atoms with Gasteiger partial charge < -0.3 is 10.2 Å². The van der Waals surface area contributed by atoms with E-state index in [1.165, 1.54) is 0 Å². The monoisotopic (exact) mass is 199 g/mol. The second-order valence-electron chi connectivity index (χ2n) is 5.83. The van der Waals surface area contributed by atoms with Crippen molar-refractivity contribution in [2.45, 2.75) is 63.3 Å². The molecule has 1 saturated heterocycles. The molecule has 0 bridgehead atoms. The van der Waals surface area contributed by atoms with E-state index in [-0.39, 0.29) is 17.7 Å². The molecule has 0 aromatic heterocycles. The van der Waals surface area contributed by atoms with Crippen molar-refractivity contribution in [1.29, 1.82) is 0 Å². The minimum absolute atomic E-state index is 0.0421. The Morgan fingerprint density at radius 2 is 1.86 bits per heavy atom. The average Bonchev–Trinajstić information content (AvgIpc) is 2.60. The van der Waals surface area contributed by atoms with Gasteiger partial charge in [-0.05, 0) is 40.0 Å². The zero-order valence-electron chi connectivity index (χ0n) is 9.32. The fraction of sp³-hybridized carbons (Fsp3) is 1.00. The molecule has 0 aromatic carbocycles. The molecule has 1 heterocycles. The van der Waals surface area contributed by atoms with Crippen molar-refractivity contribution in [3.8, 4) is 0 Å². The fourth-order valence-electron chi connectivity index (χ4n) is 2.53. The standard InChI is InChI=1S/C11H21NO2/c1-10(2,3)12-7-8(13)6-9(12)11(14)4-5-11/h8-9,13-14H,4-7H2,1-3H3. The van der Waals surface area contributed by atoms with Crippen LogP contribution in [-0.2, 0) is 0 Å². The number of aliphatic hydroxyl groups excluding tert-OH is 1. The molecule has 2 unspecified atom stereocenters. The number of likely N-dealkylation sites (tertiary alicyclic amines) is 1. The summed E-state index contributed by atoms with van der Waals surface area (Å²) >= 11 is 0. The van der Waals surface area contributed by atoms with Gasteiger partial charge in [-0.1, -0.05) is 0 Å². The van der Waals surface area contributed by atoms with Gasteiger partial charge in [-0.2, -0.15) is 0 Å². The third-order valence-corrected chi connectivity index (χ3v) is 3.52. The predicted molar refractivity (Wildman–Crippen MR) is 55.1 cm³/mol. The zero-order chi connectivity index (χ0) is 10.6. The van der Waals surface area contributed by atoms with Crippen LogP contribution in [0.2, 0.25) is 0 Å². The van der Waals surface area contributed by atoms with Gasteiger partial charge in [0, 0.05) is 18.1 Å². The lowest BCUT2D eigenvalue weighted by molar-refractivity contribution is 0.00918. The number of nitrogens with zero attached hydrogens (tertiary/aromatic N) is 1. The summed E-state index contributed by atoms with van der Waals surface area (Å²) in [5, 5.41) is 19.8. The van der Waals surface area contributed by atoms with Gasteiger partial charge in [-0.15, -0.1) is 0 Å². The van der Waals surface area contributed by atoms with Gasteiger partial charge >= 0.3 is 0 Å². The summed E-state index contributed by atoms with van der Waals surface area (Å²) in [4.78, 5) is 2.25. The molecule has 0 amide bonds. The number of rotatable bonds is 1. The lowest BCUT2D eigenvalue weighted by Crippen LogP contribution is -2.50. The van der Waals surface area contributed by atoms with Crippen molar-refractivity contribution < 1.29 is 10.2 Å². The molecular formula is C11H21NO2. The molecule has 2 atom stereocenters. The van der Waals surface area contributed by atoms with Crippen LogP contribution < -0.4 is 0 Å². The van der Waals surface area contributed by atoms with Gasteiger partial charge in [-0.25, -0.2) is 0 Å². The Labute approximate surface area is 85.7 Å². The van der Waals surface area contributed by atoms with Gasteiger partial charge in [-0.3, -0.25) is 4.90 Å². The molecule has 14 heavy (non-hydrogen) atoms. The molecule has 3 heteroatoms. The molecule has 3 nitrogen and oxygen atoms in total. The average molecular weight is 199 g/mol. The smallest absolute Gasteiger partial charge is 0.0805 e. The van der Waals surface area contributed by atoms with E-state index in [4.69, 9.17) is 0 Å². The summed E-state index contributed by atoms with van der Waals surface area (Å²) < 4.78 is 0. The Bertz CT molecular complexity index is 217. The van der Waals surface area contributed by atoms with Gasteiger partial charge in [0.1, 0.15) is 0 Å². The zero-order valence-corrected chi connectivity index (χ0v) is 9.32. The second-order valence-corrected chi connectivity index (χ2v) is 5.83. The van der Waals surface area contributed by atoms with E-state index in [0.717, 1.165) is 19.3 Å². The maximum absolute atomic E-state index is 10.1. The maximum atomic E-state index is 10.1. The van der Waals surface area contributed by atoms with Crippen molar-refractivity contribution in [2.75, 3.05) is 6.54 Å². The Hall–Kier alpha value is -0.120. The summed E-state index contributed by atoms with van der Waals surface area (Å²) in [6.07, 6.45) is 2.27. The molecule has 2 rings (SSSR count). The molecule has 0 spiro atoms. The molecule has 2 fully saturated rings. The lowest BCUT2D eigenvalue weighted by atomic mass is 10.00. The van der Waals surface area contributed by atoms with Crippen molar-refractivity contribution >= 4 is 0 Å². The summed E-state index contributed by atoms with van der Waals surface area (Å²) in [5.41, 5.74) is -0.453. The van der Waals surface area contributed by atoms with Crippen LogP contribution in [0.25, 0.3) is 0 Å². The number of β-amino-alcohol motifs (C(OH)–C–C–N with tert-alkyl or cyclic N) is 1. The van der Waals surface area contributed by atoms with Crippen LogP contribution in [0.15, 0.2) is 0 Å². The molecule has 1 aliphatic carbocycles. The largest absolute Gasteiger partial charge is 0.392 e. The SMILES string of the molecule is CC(C)(C)N1CC(O)CC1C1(O)CC1. The highest BCUT2D eigenvalue weighted by atomic mass is 16.3. The normalized spacial score (nSPS) is 37.5. The Morgan fingerprint density at radius 3 is 2.29 bits per heavy atom. The van der Waals surface area contributed by atoms with Crippen LogP contribution in [0, 0.1) is 0 Å². The Balaban J connectivity index is 2.14. The lowest BCUT2D eigenvalue weighted by Gasteiger charge is -2.39. The number of aliphatic hydroxyl groups is 2. The first kappa shape index (κ1) is 10.4. The summed E-state index contributed by atoms with van der Waals surface area (Å²) in [7, 11) is 0. The van der Waals surface area contributed by atoms with E-state index in [9.17, 15) is 10.2 Å². The van der Waals surface area contributed by atoms with E-state index < -0.39 is 5.60 Å². The molecule has 1 saturated carbocycles. The van der Waals surface area contributed by atoms with Crippen LogP contribution in [0.3, 0.4) is 0 Å². The first-order valence-electron chi connectivity index (χ1n) is 5.50. The van der Waals surface area contributed by atoms with Crippen molar-refractivity contribution in [2.24, 2.45) is 0 Å². The first-order chi connectivity index (χ1) is 6.33. The highest BCUT2D eigenvalue weighted by molar-refractivity contribution is 5.09. The van der Waals surface area contributed by atoms with E-state index >= 15 is 0 Å².